The first-order chi connectivity index (χ1) is 7.18. The van der Waals surface area contributed by atoms with Crippen molar-refractivity contribution in [2.24, 2.45) is 5.73 Å². The highest BCUT2D eigenvalue weighted by Crippen LogP contribution is 1.97. The molecule has 0 aromatic carbocycles. The van der Waals surface area contributed by atoms with E-state index < -0.39 is 12.0 Å². The predicted octanol–water partition coefficient (Wildman–Crippen LogP) is -0.669. The Morgan fingerprint density at radius 3 is 2.13 bits per heavy atom. The number of thioether (sulfide) groups is 1. The van der Waals surface area contributed by atoms with Crippen LogP contribution in [0.5, 0.6) is 0 Å². The molecule has 90 valence electrons. The summed E-state index contributed by atoms with van der Waals surface area (Å²) < 4.78 is 0. The van der Waals surface area contributed by atoms with Gasteiger partial charge in [0.25, 0.3) is 0 Å². The maximum absolute atomic E-state index is 10.1. The van der Waals surface area contributed by atoms with Gasteiger partial charge in [0.1, 0.15) is 6.04 Å². The molecule has 0 aromatic rings. The predicted molar refractivity (Wildman–Crippen MR) is 64.3 cm³/mol. The standard InChI is InChI=1S/C5H11NO2S.C4H10N2/c1-9-3-2-4(6)5(7)8;1-2-6-4-3-5-1/h4H,2-3,6H2,1H3,(H,7,8);5-6H,1-4H2. The second-order valence-electron chi connectivity index (χ2n) is 3.23. The van der Waals surface area contributed by atoms with Crippen LogP contribution in [-0.4, -0.2) is 55.3 Å². The summed E-state index contributed by atoms with van der Waals surface area (Å²) in [7, 11) is 0. The van der Waals surface area contributed by atoms with Crippen LogP contribution in [0.15, 0.2) is 0 Å². The van der Waals surface area contributed by atoms with Gasteiger partial charge in [-0.25, -0.2) is 0 Å². The second-order valence-corrected chi connectivity index (χ2v) is 4.21. The zero-order valence-electron chi connectivity index (χ0n) is 9.16. The fraction of sp³-hybridized carbons (Fsp3) is 0.889. The number of rotatable bonds is 4. The minimum atomic E-state index is -0.913. The number of carboxylic acid groups (broad SMARTS) is 1. The van der Waals surface area contributed by atoms with Gasteiger partial charge in [0.2, 0.25) is 0 Å². The van der Waals surface area contributed by atoms with Gasteiger partial charge in [0.15, 0.2) is 0 Å². The van der Waals surface area contributed by atoms with E-state index in [0.29, 0.717) is 6.42 Å². The first kappa shape index (κ1) is 14.7. The summed E-state index contributed by atoms with van der Waals surface area (Å²) in [6, 6.07) is -0.683. The summed E-state index contributed by atoms with van der Waals surface area (Å²) in [5.41, 5.74) is 5.19. The molecule has 1 unspecified atom stereocenters. The van der Waals surface area contributed by atoms with Crippen molar-refractivity contribution in [2.45, 2.75) is 12.5 Å². The van der Waals surface area contributed by atoms with Crippen LogP contribution in [0.3, 0.4) is 0 Å². The van der Waals surface area contributed by atoms with E-state index >= 15 is 0 Å². The Morgan fingerprint density at radius 1 is 1.40 bits per heavy atom. The number of aliphatic carboxylic acids is 1. The average Bonchev–Trinajstić information content (AvgIpc) is 2.29. The van der Waals surface area contributed by atoms with Crippen molar-refractivity contribution in [2.75, 3.05) is 38.2 Å². The lowest BCUT2D eigenvalue weighted by atomic mass is 10.2. The first-order valence-corrected chi connectivity index (χ1v) is 6.46. The molecule has 0 bridgehead atoms. The topological polar surface area (TPSA) is 87.4 Å². The Hall–Kier alpha value is -0.300. The van der Waals surface area contributed by atoms with Gasteiger partial charge in [0.05, 0.1) is 0 Å². The number of nitrogens with two attached hydrogens (primary N) is 1. The molecule has 1 fully saturated rings. The van der Waals surface area contributed by atoms with Gasteiger partial charge in [-0.15, -0.1) is 0 Å². The molecular formula is C9H21N3O2S. The summed E-state index contributed by atoms with van der Waals surface area (Å²) in [6.45, 7) is 4.56. The molecule has 0 amide bonds. The van der Waals surface area contributed by atoms with Gasteiger partial charge in [-0.1, -0.05) is 0 Å². The maximum Gasteiger partial charge on any atom is 0.320 e. The van der Waals surface area contributed by atoms with Gasteiger partial charge >= 0.3 is 5.97 Å². The van der Waals surface area contributed by atoms with E-state index in [1.807, 2.05) is 6.26 Å². The third-order valence-electron chi connectivity index (χ3n) is 1.91. The number of carbonyl (C=O) groups is 1. The summed E-state index contributed by atoms with van der Waals surface area (Å²) in [6.07, 6.45) is 2.48. The molecule has 0 aliphatic carbocycles. The zero-order valence-corrected chi connectivity index (χ0v) is 9.98. The fourth-order valence-corrected chi connectivity index (χ4v) is 1.46. The highest BCUT2D eigenvalue weighted by atomic mass is 32.2. The highest BCUT2D eigenvalue weighted by Gasteiger charge is 2.08. The van der Waals surface area contributed by atoms with E-state index in [2.05, 4.69) is 10.6 Å². The molecule has 5 N–H and O–H groups in total. The van der Waals surface area contributed by atoms with Crippen molar-refractivity contribution in [3.8, 4) is 0 Å². The molecule has 1 aliphatic rings. The van der Waals surface area contributed by atoms with E-state index in [1.165, 1.54) is 0 Å². The molecule has 0 saturated carbocycles. The van der Waals surface area contributed by atoms with Crippen molar-refractivity contribution < 1.29 is 9.90 Å². The molecule has 1 saturated heterocycles. The molecule has 6 heteroatoms. The minimum absolute atomic E-state index is 0.552. The average molecular weight is 235 g/mol. The van der Waals surface area contributed by atoms with E-state index in [0.717, 1.165) is 31.9 Å². The Balaban J connectivity index is 0.000000280. The third-order valence-corrected chi connectivity index (χ3v) is 2.55. The minimum Gasteiger partial charge on any atom is -0.480 e. The quantitative estimate of drug-likeness (QED) is 0.517. The molecule has 0 radical (unpaired) electrons. The lowest BCUT2D eigenvalue weighted by Crippen LogP contribution is -2.39. The number of carboxylic acids is 1. The smallest absolute Gasteiger partial charge is 0.320 e. The number of nitrogens with one attached hydrogen (secondary N) is 2. The Labute approximate surface area is 95.2 Å². The maximum atomic E-state index is 10.1. The Morgan fingerprint density at radius 2 is 1.87 bits per heavy atom. The van der Waals surface area contributed by atoms with Crippen molar-refractivity contribution in [3.05, 3.63) is 0 Å². The molecule has 1 rings (SSSR count). The lowest BCUT2D eigenvalue weighted by molar-refractivity contribution is -0.138. The summed E-state index contributed by atoms with van der Waals surface area (Å²) >= 11 is 1.60. The van der Waals surface area contributed by atoms with Crippen LogP contribution in [0.25, 0.3) is 0 Å². The SMILES string of the molecule is C1CNCCN1.CSCCC(N)C(=O)O. The molecule has 0 spiro atoms. The van der Waals surface area contributed by atoms with E-state index in [-0.39, 0.29) is 0 Å². The molecule has 0 aromatic heterocycles. The van der Waals surface area contributed by atoms with E-state index in [1.54, 1.807) is 11.8 Å². The molecule has 1 atom stereocenters. The Kier molecular flexibility index (Phi) is 10.0. The summed E-state index contributed by atoms with van der Waals surface area (Å²) in [5, 5.41) is 14.7. The van der Waals surface area contributed by atoms with Crippen LogP contribution in [0.2, 0.25) is 0 Å². The van der Waals surface area contributed by atoms with Gasteiger partial charge in [-0.05, 0) is 18.4 Å². The number of piperazine rings is 1. The molecular weight excluding hydrogens is 214 g/mol. The van der Waals surface area contributed by atoms with Gasteiger partial charge in [-0.3, -0.25) is 4.79 Å². The van der Waals surface area contributed by atoms with Gasteiger partial charge in [-0.2, -0.15) is 11.8 Å². The number of hydrogen-bond donors (Lipinski definition) is 4. The van der Waals surface area contributed by atoms with E-state index in [4.69, 9.17) is 10.8 Å². The second kappa shape index (κ2) is 10.2. The summed E-state index contributed by atoms with van der Waals surface area (Å²) in [4.78, 5) is 10.1. The van der Waals surface area contributed by atoms with Gasteiger partial charge < -0.3 is 21.5 Å². The van der Waals surface area contributed by atoms with Crippen LogP contribution >= 0.6 is 11.8 Å². The molecule has 5 nitrogen and oxygen atoms in total. The van der Waals surface area contributed by atoms with Crippen LogP contribution in [-0.2, 0) is 4.79 Å². The third kappa shape index (κ3) is 9.99. The van der Waals surface area contributed by atoms with Crippen molar-refractivity contribution in [3.63, 3.8) is 0 Å². The van der Waals surface area contributed by atoms with Crippen LogP contribution < -0.4 is 16.4 Å². The van der Waals surface area contributed by atoms with E-state index in [9.17, 15) is 4.79 Å². The first-order valence-electron chi connectivity index (χ1n) is 5.07. The van der Waals surface area contributed by atoms with Crippen molar-refractivity contribution in [1.29, 1.82) is 0 Å². The fourth-order valence-electron chi connectivity index (χ4n) is 0.972. The van der Waals surface area contributed by atoms with Crippen molar-refractivity contribution >= 4 is 17.7 Å². The van der Waals surface area contributed by atoms with Crippen LogP contribution in [0, 0.1) is 0 Å². The van der Waals surface area contributed by atoms with Crippen LogP contribution in [0.1, 0.15) is 6.42 Å². The monoisotopic (exact) mass is 235 g/mol. The summed E-state index contributed by atoms with van der Waals surface area (Å²) in [5.74, 6) is -0.1000. The largest absolute Gasteiger partial charge is 0.480 e. The molecule has 15 heavy (non-hydrogen) atoms. The molecule has 1 heterocycles. The zero-order chi connectivity index (χ0) is 11.5. The highest BCUT2D eigenvalue weighted by molar-refractivity contribution is 7.98. The number of hydrogen-bond acceptors (Lipinski definition) is 5. The lowest BCUT2D eigenvalue weighted by Gasteiger charge is -2.11. The molecule has 1 aliphatic heterocycles. The normalized spacial score (nSPS) is 17.5. The van der Waals surface area contributed by atoms with Gasteiger partial charge in [0, 0.05) is 26.2 Å². The van der Waals surface area contributed by atoms with Crippen LogP contribution in [0.4, 0.5) is 0 Å². The van der Waals surface area contributed by atoms with Crippen molar-refractivity contribution in [1.82, 2.24) is 10.6 Å². The Bertz CT molecular complexity index is 154.